The zero-order valence-electron chi connectivity index (χ0n) is 13.4. The molecule has 0 saturated carbocycles. The van der Waals surface area contributed by atoms with Gasteiger partial charge in [-0.05, 0) is 55.2 Å². The topological polar surface area (TPSA) is 62.3 Å². The second-order valence-electron chi connectivity index (χ2n) is 6.16. The molecule has 24 heavy (non-hydrogen) atoms. The smallest absolute Gasteiger partial charge is 0.261 e. The molecule has 1 atom stereocenters. The Morgan fingerprint density at radius 2 is 1.96 bits per heavy atom. The lowest BCUT2D eigenvalue weighted by molar-refractivity contribution is 0.444. The van der Waals surface area contributed by atoms with Crippen LogP contribution in [-0.4, -0.2) is 26.5 Å². The van der Waals surface area contributed by atoms with E-state index in [4.69, 9.17) is 0 Å². The van der Waals surface area contributed by atoms with Crippen molar-refractivity contribution in [1.82, 2.24) is 4.98 Å². The SMILES string of the molecule is CC1CCCN(c2ccc(NS(=O)(=O)c3ccc(F)cc3)cn2)C1. The van der Waals surface area contributed by atoms with Gasteiger partial charge in [0, 0.05) is 13.1 Å². The van der Waals surface area contributed by atoms with Crippen molar-refractivity contribution >= 4 is 21.5 Å². The van der Waals surface area contributed by atoms with Crippen molar-refractivity contribution in [2.24, 2.45) is 5.92 Å². The standard InChI is InChI=1S/C17H20FN3O2S/c1-13-3-2-10-21(12-13)17-9-6-15(11-19-17)20-24(22,23)16-7-4-14(18)5-8-16/h4-9,11,13,20H,2-3,10,12H2,1H3. The number of nitrogens with one attached hydrogen (secondary N) is 1. The second kappa shape index (κ2) is 6.76. The molecule has 0 radical (unpaired) electrons. The fourth-order valence-electron chi connectivity index (χ4n) is 2.86. The molecule has 1 fully saturated rings. The molecule has 1 saturated heterocycles. The first kappa shape index (κ1) is 16.7. The van der Waals surface area contributed by atoms with Gasteiger partial charge >= 0.3 is 0 Å². The van der Waals surface area contributed by atoms with Gasteiger partial charge in [-0.2, -0.15) is 0 Å². The van der Waals surface area contributed by atoms with Crippen LogP contribution in [0.3, 0.4) is 0 Å². The van der Waals surface area contributed by atoms with E-state index in [1.165, 1.54) is 24.8 Å². The van der Waals surface area contributed by atoms with Crippen LogP contribution in [0, 0.1) is 11.7 Å². The van der Waals surface area contributed by atoms with E-state index < -0.39 is 15.8 Å². The first-order valence-electron chi connectivity index (χ1n) is 7.93. The number of aromatic nitrogens is 1. The van der Waals surface area contributed by atoms with Crippen LogP contribution in [-0.2, 0) is 10.0 Å². The van der Waals surface area contributed by atoms with Crippen LogP contribution >= 0.6 is 0 Å². The largest absolute Gasteiger partial charge is 0.356 e. The highest BCUT2D eigenvalue weighted by Gasteiger charge is 2.18. The number of anilines is 2. The van der Waals surface area contributed by atoms with Crippen LogP contribution < -0.4 is 9.62 Å². The summed E-state index contributed by atoms with van der Waals surface area (Å²) >= 11 is 0. The van der Waals surface area contributed by atoms with Gasteiger partial charge in [-0.15, -0.1) is 0 Å². The molecule has 0 aliphatic carbocycles. The van der Waals surface area contributed by atoms with E-state index in [0.717, 1.165) is 37.5 Å². The molecule has 0 amide bonds. The molecule has 0 bridgehead atoms. The summed E-state index contributed by atoms with van der Waals surface area (Å²) in [4.78, 5) is 6.59. The van der Waals surface area contributed by atoms with Crippen LogP contribution in [0.4, 0.5) is 15.9 Å². The number of halogens is 1. The molecule has 7 heteroatoms. The van der Waals surface area contributed by atoms with Crippen LogP contribution in [0.5, 0.6) is 0 Å². The zero-order chi connectivity index (χ0) is 17.2. The number of hydrogen-bond acceptors (Lipinski definition) is 4. The van der Waals surface area contributed by atoms with Crippen LogP contribution in [0.15, 0.2) is 47.5 Å². The molecular weight excluding hydrogens is 329 g/mol. The molecule has 128 valence electrons. The minimum atomic E-state index is -3.75. The van der Waals surface area contributed by atoms with Gasteiger partial charge in [0.2, 0.25) is 0 Å². The number of hydrogen-bond donors (Lipinski definition) is 1. The van der Waals surface area contributed by atoms with E-state index in [0.29, 0.717) is 11.6 Å². The highest BCUT2D eigenvalue weighted by molar-refractivity contribution is 7.92. The Morgan fingerprint density at radius 1 is 1.21 bits per heavy atom. The first-order valence-corrected chi connectivity index (χ1v) is 9.42. The van der Waals surface area contributed by atoms with Crippen molar-refractivity contribution in [2.75, 3.05) is 22.7 Å². The Kier molecular flexibility index (Phi) is 4.71. The average molecular weight is 349 g/mol. The molecule has 1 aliphatic heterocycles. The predicted octanol–water partition coefficient (Wildman–Crippen LogP) is 3.26. The molecular formula is C17H20FN3O2S. The summed E-state index contributed by atoms with van der Waals surface area (Å²) in [5.41, 5.74) is 0.383. The van der Waals surface area contributed by atoms with Gasteiger partial charge in [0.05, 0.1) is 16.8 Å². The third-order valence-corrected chi connectivity index (χ3v) is 5.50. The van der Waals surface area contributed by atoms with Crippen molar-refractivity contribution in [3.63, 3.8) is 0 Å². The summed E-state index contributed by atoms with van der Waals surface area (Å²) in [7, 11) is -3.75. The summed E-state index contributed by atoms with van der Waals surface area (Å²) in [5.74, 6) is 1.01. The fraction of sp³-hybridized carbons (Fsp3) is 0.353. The van der Waals surface area contributed by atoms with Crippen molar-refractivity contribution < 1.29 is 12.8 Å². The Bertz CT molecular complexity index is 792. The van der Waals surface area contributed by atoms with Gasteiger partial charge in [-0.25, -0.2) is 17.8 Å². The number of rotatable bonds is 4. The van der Waals surface area contributed by atoms with Crippen LogP contribution in [0.1, 0.15) is 19.8 Å². The van der Waals surface area contributed by atoms with Crippen LogP contribution in [0.2, 0.25) is 0 Å². The number of sulfonamides is 1. The normalized spacial score (nSPS) is 18.4. The number of benzene rings is 1. The van der Waals surface area contributed by atoms with E-state index >= 15 is 0 Å². The number of pyridine rings is 1. The Balaban J connectivity index is 1.72. The number of piperidine rings is 1. The van der Waals surface area contributed by atoms with E-state index in [1.54, 1.807) is 6.07 Å². The molecule has 5 nitrogen and oxygen atoms in total. The molecule has 1 aliphatic rings. The summed E-state index contributed by atoms with van der Waals surface area (Å²) in [6.45, 7) is 4.16. The molecule has 3 rings (SSSR count). The highest BCUT2D eigenvalue weighted by Crippen LogP contribution is 2.23. The van der Waals surface area contributed by atoms with Gasteiger partial charge in [-0.3, -0.25) is 4.72 Å². The van der Waals surface area contributed by atoms with Gasteiger partial charge < -0.3 is 4.90 Å². The van der Waals surface area contributed by atoms with Gasteiger partial charge in [-0.1, -0.05) is 6.92 Å². The Labute approximate surface area is 141 Å². The Hall–Kier alpha value is -2.15. The maximum absolute atomic E-state index is 12.9. The Morgan fingerprint density at radius 3 is 2.58 bits per heavy atom. The van der Waals surface area contributed by atoms with E-state index in [-0.39, 0.29) is 4.90 Å². The quantitative estimate of drug-likeness (QED) is 0.920. The second-order valence-corrected chi connectivity index (χ2v) is 7.84. The van der Waals surface area contributed by atoms with Crippen molar-refractivity contribution in [3.8, 4) is 0 Å². The summed E-state index contributed by atoms with van der Waals surface area (Å²) in [6, 6.07) is 8.22. The lowest BCUT2D eigenvalue weighted by atomic mass is 10.0. The molecule has 0 spiro atoms. The lowest BCUT2D eigenvalue weighted by Gasteiger charge is -2.31. The average Bonchev–Trinajstić information content (AvgIpc) is 2.55. The first-order chi connectivity index (χ1) is 11.4. The van der Waals surface area contributed by atoms with Crippen molar-refractivity contribution in [3.05, 3.63) is 48.4 Å². The maximum atomic E-state index is 12.9. The zero-order valence-corrected chi connectivity index (χ0v) is 14.3. The third-order valence-electron chi connectivity index (χ3n) is 4.11. The molecule has 1 aromatic carbocycles. The van der Waals surface area contributed by atoms with Crippen LogP contribution in [0.25, 0.3) is 0 Å². The van der Waals surface area contributed by atoms with Gasteiger partial charge in [0.15, 0.2) is 0 Å². The summed E-state index contributed by atoms with van der Waals surface area (Å²) in [6.07, 6.45) is 3.88. The maximum Gasteiger partial charge on any atom is 0.261 e. The number of nitrogens with zero attached hydrogens (tertiary/aromatic N) is 2. The van der Waals surface area contributed by atoms with Gasteiger partial charge in [0.25, 0.3) is 10.0 Å². The fourth-order valence-corrected chi connectivity index (χ4v) is 3.90. The molecule has 1 aromatic heterocycles. The minimum absolute atomic E-state index is 0.0119. The van der Waals surface area contributed by atoms with Crippen molar-refractivity contribution in [2.45, 2.75) is 24.7 Å². The minimum Gasteiger partial charge on any atom is -0.356 e. The van der Waals surface area contributed by atoms with E-state index in [1.807, 2.05) is 6.07 Å². The molecule has 2 heterocycles. The highest BCUT2D eigenvalue weighted by atomic mass is 32.2. The van der Waals surface area contributed by atoms with Gasteiger partial charge in [0.1, 0.15) is 11.6 Å². The summed E-state index contributed by atoms with van der Waals surface area (Å²) < 4.78 is 39.9. The molecule has 2 aromatic rings. The molecule has 1 N–H and O–H groups in total. The summed E-state index contributed by atoms with van der Waals surface area (Å²) in [5, 5.41) is 0. The lowest BCUT2D eigenvalue weighted by Crippen LogP contribution is -2.34. The molecule has 1 unspecified atom stereocenters. The van der Waals surface area contributed by atoms with E-state index in [2.05, 4.69) is 21.5 Å². The van der Waals surface area contributed by atoms with E-state index in [9.17, 15) is 12.8 Å². The predicted molar refractivity (Wildman–Crippen MR) is 92.1 cm³/mol. The van der Waals surface area contributed by atoms with Crippen molar-refractivity contribution in [1.29, 1.82) is 0 Å². The third kappa shape index (κ3) is 3.84. The monoisotopic (exact) mass is 349 g/mol.